The van der Waals surface area contributed by atoms with Crippen molar-refractivity contribution < 1.29 is 56.2 Å². The van der Waals surface area contributed by atoms with Crippen molar-refractivity contribution in [2.24, 2.45) is 0 Å². The molecule has 0 N–H and O–H groups in total. The van der Waals surface area contributed by atoms with E-state index in [0.29, 0.717) is 37.9 Å². The number of hydrogen-bond donors (Lipinski definition) is 0. The van der Waals surface area contributed by atoms with Gasteiger partial charge in [-0.25, -0.2) is 13.6 Å². The first-order valence-corrected chi connectivity index (χ1v) is 15.4. The molecular formula is C36H32F2O10. The van der Waals surface area contributed by atoms with Gasteiger partial charge in [0.25, 0.3) is 0 Å². The number of halogens is 2. The van der Waals surface area contributed by atoms with Crippen molar-refractivity contribution in [3.05, 3.63) is 101 Å². The van der Waals surface area contributed by atoms with Gasteiger partial charge in [-0.3, -0.25) is 0 Å². The maximum Gasteiger partial charge on any atom is 0.343 e. The molecule has 0 bridgehead atoms. The van der Waals surface area contributed by atoms with E-state index >= 15 is 0 Å². The van der Waals surface area contributed by atoms with Crippen molar-refractivity contribution in [1.29, 1.82) is 0 Å². The number of benzene rings is 4. The fourth-order valence-corrected chi connectivity index (χ4v) is 5.27. The second-order valence-corrected chi connectivity index (χ2v) is 11.4. The van der Waals surface area contributed by atoms with Crippen LogP contribution in [0.4, 0.5) is 8.78 Å². The van der Waals surface area contributed by atoms with Crippen molar-refractivity contribution in [2.75, 3.05) is 46.8 Å². The lowest BCUT2D eigenvalue weighted by molar-refractivity contribution is 0.00607. The van der Waals surface area contributed by atoms with Crippen LogP contribution in [0.5, 0.6) is 28.7 Å². The number of ether oxygens (including phenoxy) is 9. The zero-order valence-electron chi connectivity index (χ0n) is 25.9. The summed E-state index contributed by atoms with van der Waals surface area (Å²) in [7, 11) is 0. The first kappa shape index (κ1) is 31.8. The predicted molar refractivity (Wildman–Crippen MR) is 166 cm³/mol. The maximum atomic E-state index is 14.6. The molecule has 4 aromatic carbocycles. The molecule has 2 saturated heterocycles. The Kier molecular flexibility index (Phi) is 9.39. The standard InChI is InChI=1S/C36H32F2O10/c1-21-30-11-23(44-20-45-24-5-9-35(33(38)13-24)47-19-41-15-27-17-43-27)3-6-28(30)29-7-4-25(12-31(21)29)48-36(39)22-2-8-34(32(37)10-22)46-18-40-14-26-16-42-26/h2-13,21,26-27H,14-20H2,1H3. The molecule has 7 rings (SSSR count). The van der Waals surface area contributed by atoms with Gasteiger partial charge in [-0.2, -0.15) is 0 Å². The van der Waals surface area contributed by atoms with E-state index in [1.165, 1.54) is 24.3 Å². The van der Waals surface area contributed by atoms with E-state index < -0.39 is 17.6 Å². The third kappa shape index (κ3) is 7.69. The number of carbonyl (C=O) groups excluding carboxylic acids is 1. The lowest BCUT2D eigenvalue weighted by Crippen LogP contribution is -2.11. The first-order chi connectivity index (χ1) is 23.4. The Hall–Kier alpha value is -4.75. The highest BCUT2D eigenvalue weighted by Crippen LogP contribution is 2.47. The van der Waals surface area contributed by atoms with Crippen LogP contribution in [0.15, 0.2) is 72.8 Å². The summed E-state index contributed by atoms with van der Waals surface area (Å²) >= 11 is 0. The average molecular weight is 663 g/mol. The highest BCUT2D eigenvalue weighted by molar-refractivity contribution is 5.91. The Morgan fingerprint density at radius 3 is 1.77 bits per heavy atom. The quantitative estimate of drug-likeness (QED) is 0.0450. The molecular weight excluding hydrogens is 630 g/mol. The molecule has 0 amide bonds. The lowest BCUT2D eigenvalue weighted by Gasteiger charge is -2.12. The Labute approximate surface area is 274 Å². The highest BCUT2D eigenvalue weighted by atomic mass is 19.1. The Balaban J connectivity index is 0.915. The fraction of sp³-hybridized carbons (Fsp3) is 0.306. The molecule has 10 nitrogen and oxygen atoms in total. The molecule has 2 heterocycles. The molecule has 0 spiro atoms. The van der Waals surface area contributed by atoms with E-state index in [-0.39, 0.29) is 61.3 Å². The average Bonchev–Trinajstić information content (AvgIpc) is 4.03. The van der Waals surface area contributed by atoms with Gasteiger partial charge in [-0.05, 0) is 76.9 Å². The largest absolute Gasteiger partial charge is 0.464 e. The van der Waals surface area contributed by atoms with Crippen LogP contribution < -0.4 is 23.7 Å². The smallest absolute Gasteiger partial charge is 0.343 e. The molecule has 2 fully saturated rings. The van der Waals surface area contributed by atoms with Gasteiger partial charge in [0.15, 0.2) is 36.7 Å². The summed E-state index contributed by atoms with van der Waals surface area (Å²) < 4.78 is 77.2. The van der Waals surface area contributed by atoms with E-state index in [9.17, 15) is 13.6 Å². The molecule has 3 unspecified atom stereocenters. The van der Waals surface area contributed by atoms with Crippen LogP contribution >= 0.6 is 0 Å². The van der Waals surface area contributed by atoms with Gasteiger partial charge in [-0.15, -0.1) is 0 Å². The molecule has 0 saturated carbocycles. The van der Waals surface area contributed by atoms with E-state index in [4.69, 9.17) is 42.6 Å². The number of hydrogen-bond acceptors (Lipinski definition) is 10. The normalized spacial score (nSPS) is 18.4. The van der Waals surface area contributed by atoms with Gasteiger partial charge in [0.1, 0.15) is 29.5 Å². The van der Waals surface area contributed by atoms with Crippen molar-refractivity contribution in [2.45, 2.75) is 25.0 Å². The van der Waals surface area contributed by atoms with Crippen molar-refractivity contribution >= 4 is 5.97 Å². The second kappa shape index (κ2) is 14.2. The zero-order valence-corrected chi connectivity index (χ0v) is 25.9. The maximum absolute atomic E-state index is 14.6. The molecule has 48 heavy (non-hydrogen) atoms. The van der Waals surface area contributed by atoms with Crippen LogP contribution in [-0.2, 0) is 18.9 Å². The minimum Gasteiger partial charge on any atom is -0.464 e. The van der Waals surface area contributed by atoms with Gasteiger partial charge in [0.05, 0.1) is 32.0 Å². The van der Waals surface area contributed by atoms with Crippen molar-refractivity contribution in [1.82, 2.24) is 0 Å². The van der Waals surface area contributed by atoms with Gasteiger partial charge < -0.3 is 42.6 Å². The first-order valence-electron chi connectivity index (χ1n) is 15.4. The van der Waals surface area contributed by atoms with Crippen LogP contribution in [0.25, 0.3) is 11.1 Å². The van der Waals surface area contributed by atoms with Crippen LogP contribution in [-0.4, -0.2) is 65.0 Å². The number of carbonyl (C=O) groups is 1. The van der Waals surface area contributed by atoms with Gasteiger partial charge in [0, 0.05) is 12.0 Å². The molecule has 12 heteroatoms. The van der Waals surface area contributed by atoms with E-state index in [2.05, 4.69) is 0 Å². The summed E-state index contributed by atoms with van der Waals surface area (Å²) in [5, 5.41) is 0. The SMILES string of the molecule is CC1c2cc(OCOc3ccc(OCOCC4CO4)c(F)c3)ccc2-c2ccc(OC(=O)c3ccc(OCOCC4CO4)c(F)c3)cc21. The molecule has 2 aliphatic heterocycles. The summed E-state index contributed by atoms with van der Waals surface area (Å²) in [6.45, 7) is 3.82. The van der Waals surface area contributed by atoms with Crippen LogP contribution in [0.3, 0.4) is 0 Å². The Morgan fingerprint density at radius 1 is 0.667 bits per heavy atom. The molecule has 0 aromatic heterocycles. The number of esters is 1. The van der Waals surface area contributed by atoms with E-state index in [1.54, 1.807) is 12.1 Å². The van der Waals surface area contributed by atoms with E-state index in [1.807, 2.05) is 37.3 Å². The zero-order chi connectivity index (χ0) is 33.0. The minimum absolute atomic E-state index is 0.0249. The Bertz CT molecular complexity index is 1790. The summed E-state index contributed by atoms with van der Waals surface area (Å²) in [6, 6.07) is 19.3. The van der Waals surface area contributed by atoms with E-state index in [0.717, 1.165) is 28.3 Å². The predicted octanol–water partition coefficient (Wildman–Crippen LogP) is 6.23. The van der Waals surface area contributed by atoms with Gasteiger partial charge >= 0.3 is 5.97 Å². The van der Waals surface area contributed by atoms with Gasteiger partial charge in [0.2, 0.25) is 6.79 Å². The van der Waals surface area contributed by atoms with Crippen LogP contribution in [0.2, 0.25) is 0 Å². The Morgan fingerprint density at radius 2 is 1.19 bits per heavy atom. The molecule has 1 aliphatic carbocycles. The minimum atomic E-state index is -0.700. The molecule has 250 valence electrons. The third-order valence-corrected chi connectivity index (χ3v) is 8.01. The summed E-state index contributed by atoms with van der Waals surface area (Å²) in [6.07, 6.45) is 0.182. The van der Waals surface area contributed by atoms with Gasteiger partial charge in [-0.1, -0.05) is 19.1 Å². The van der Waals surface area contributed by atoms with Crippen molar-refractivity contribution in [3.8, 4) is 39.9 Å². The monoisotopic (exact) mass is 662 g/mol. The summed E-state index contributed by atoms with van der Waals surface area (Å²) in [4.78, 5) is 12.8. The van der Waals surface area contributed by atoms with Crippen LogP contribution in [0, 0.1) is 11.6 Å². The third-order valence-electron chi connectivity index (χ3n) is 8.01. The second-order valence-electron chi connectivity index (χ2n) is 11.4. The topological polar surface area (TPSA) is 107 Å². The molecule has 0 radical (unpaired) electrons. The number of fused-ring (bicyclic) bond motifs is 3. The molecule has 3 aliphatic rings. The lowest BCUT2D eigenvalue weighted by atomic mass is 9.99. The molecule has 3 atom stereocenters. The summed E-state index contributed by atoms with van der Waals surface area (Å²) in [5.74, 6) is -0.775. The highest BCUT2D eigenvalue weighted by Gasteiger charge is 2.27. The number of rotatable bonds is 16. The molecule has 4 aromatic rings. The van der Waals surface area contributed by atoms with Crippen molar-refractivity contribution in [3.63, 3.8) is 0 Å². The summed E-state index contributed by atoms with van der Waals surface area (Å²) in [5.41, 5.74) is 4.08. The number of epoxide rings is 2. The van der Waals surface area contributed by atoms with Crippen LogP contribution in [0.1, 0.15) is 34.3 Å². The fourth-order valence-electron chi connectivity index (χ4n) is 5.27.